The van der Waals surface area contributed by atoms with Crippen molar-refractivity contribution in [2.45, 2.75) is 25.4 Å². The first-order chi connectivity index (χ1) is 8.82. The van der Waals surface area contributed by atoms with E-state index in [0.717, 1.165) is 5.56 Å². The van der Waals surface area contributed by atoms with Gasteiger partial charge in [0.15, 0.2) is 5.78 Å². The Bertz CT molecular complexity index is 427. The molecule has 108 valence electrons. The largest absolute Gasteiger partial charge is 0.353 e. The van der Waals surface area contributed by atoms with Gasteiger partial charge in [-0.15, -0.1) is 0 Å². The predicted octanol–water partition coefficient (Wildman–Crippen LogP) is 3.53. The number of rotatable bonds is 7. The molecule has 0 fully saturated rings. The lowest BCUT2D eigenvalue weighted by Crippen LogP contribution is -2.36. The monoisotopic (exact) mass is 303 g/mol. The second-order valence-electron chi connectivity index (χ2n) is 5.05. The molecule has 1 aromatic rings. The van der Waals surface area contributed by atoms with Crippen molar-refractivity contribution in [3.63, 3.8) is 0 Å². The zero-order valence-electron chi connectivity index (χ0n) is 12.0. The molecule has 0 aromatic heterocycles. The molecule has 0 radical (unpaired) electrons. The highest BCUT2D eigenvalue weighted by Gasteiger charge is 2.36. The smallest absolute Gasteiger partial charge is 0.345 e. The van der Waals surface area contributed by atoms with Gasteiger partial charge in [0.05, 0.1) is 0 Å². The van der Waals surface area contributed by atoms with Gasteiger partial charge in [-0.3, -0.25) is 4.57 Å². The van der Waals surface area contributed by atoms with E-state index in [1.165, 1.54) is 14.2 Å². The maximum absolute atomic E-state index is 12.6. The van der Waals surface area contributed by atoms with Crippen LogP contribution in [0.5, 0.6) is 0 Å². The van der Waals surface area contributed by atoms with E-state index in [9.17, 15) is 4.57 Å². The molecule has 0 saturated carbocycles. The summed E-state index contributed by atoms with van der Waals surface area (Å²) in [5.41, 5.74) is 3.67. The maximum atomic E-state index is 12.6. The highest BCUT2D eigenvalue weighted by atomic mass is 31.2. The molecule has 0 aliphatic heterocycles. The topological polar surface area (TPSA) is 56.8 Å². The first-order valence-electron chi connectivity index (χ1n) is 6.02. The fourth-order valence-corrected chi connectivity index (χ4v) is 3.33. The lowest BCUT2D eigenvalue weighted by atomic mass is 10.2. The third-order valence-electron chi connectivity index (χ3n) is 2.42. The number of nitrogens with one attached hydrogen (secondary N) is 1. The van der Waals surface area contributed by atoms with Gasteiger partial charge in [-0.2, -0.15) is 5.48 Å². The molecule has 0 heterocycles. The van der Waals surface area contributed by atoms with E-state index in [1.54, 1.807) is 0 Å². The van der Waals surface area contributed by atoms with Crippen LogP contribution in [0.3, 0.4) is 0 Å². The standard InChI is InChI=1S/C12H22NO4PSi/c1-15-18(14,16-2)12(13-17-19(3,4)5)11-9-7-6-8-10-11/h6-10,12-13H,1-5H3. The van der Waals surface area contributed by atoms with Gasteiger partial charge in [-0.05, 0) is 25.2 Å². The Balaban J connectivity index is 3.02. The van der Waals surface area contributed by atoms with Gasteiger partial charge in [0.25, 0.3) is 0 Å². The zero-order valence-corrected chi connectivity index (χ0v) is 13.9. The minimum Gasteiger partial charge on any atom is -0.345 e. The normalized spacial score (nSPS) is 14.4. The summed E-state index contributed by atoms with van der Waals surface area (Å²) >= 11 is 0. The molecule has 1 aromatic carbocycles. The Morgan fingerprint density at radius 1 is 1.11 bits per heavy atom. The molecular weight excluding hydrogens is 281 g/mol. The SMILES string of the molecule is COP(=O)(OC)C(NO[Si](C)(C)C)c1ccccc1. The molecule has 7 heteroatoms. The van der Waals surface area contributed by atoms with E-state index in [0.29, 0.717) is 0 Å². The Morgan fingerprint density at radius 3 is 2.05 bits per heavy atom. The Morgan fingerprint density at radius 2 is 1.63 bits per heavy atom. The van der Waals surface area contributed by atoms with Gasteiger partial charge in [0.2, 0.25) is 8.32 Å². The minimum atomic E-state index is -3.31. The third-order valence-corrected chi connectivity index (χ3v) is 5.20. The lowest BCUT2D eigenvalue weighted by Gasteiger charge is -2.28. The van der Waals surface area contributed by atoms with Crippen LogP contribution in [0.1, 0.15) is 11.3 Å². The van der Waals surface area contributed by atoms with E-state index in [4.69, 9.17) is 13.6 Å². The van der Waals surface area contributed by atoms with E-state index in [2.05, 4.69) is 5.48 Å². The first-order valence-corrected chi connectivity index (χ1v) is 11.0. The van der Waals surface area contributed by atoms with Crippen LogP contribution in [-0.4, -0.2) is 22.5 Å². The van der Waals surface area contributed by atoms with E-state index < -0.39 is 21.7 Å². The molecule has 0 aliphatic rings. The van der Waals surface area contributed by atoms with Gasteiger partial charge < -0.3 is 13.6 Å². The maximum Gasteiger partial charge on any atom is 0.353 e. The number of benzene rings is 1. The van der Waals surface area contributed by atoms with Crippen molar-refractivity contribution in [2.24, 2.45) is 0 Å². The summed E-state index contributed by atoms with van der Waals surface area (Å²) in [6.07, 6.45) is 0. The molecule has 1 rings (SSSR count). The van der Waals surface area contributed by atoms with Gasteiger partial charge in [0.1, 0.15) is 0 Å². The lowest BCUT2D eigenvalue weighted by molar-refractivity contribution is 0.151. The summed E-state index contributed by atoms with van der Waals surface area (Å²) in [6.45, 7) is 6.10. The molecule has 0 spiro atoms. The van der Waals surface area contributed by atoms with Crippen LogP contribution in [0.2, 0.25) is 19.6 Å². The van der Waals surface area contributed by atoms with E-state index in [-0.39, 0.29) is 0 Å². The molecule has 0 aliphatic carbocycles. The summed E-state index contributed by atoms with van der Waals surface area (Å²) in [5.74, 6) is -0.643. The van der Waals surface area contributed by atoms with E-state index in [1.807, 2.05) is 50.0 Å². The summed E-state index contributed by atoms with van der Waals surface area (Å²) in [6, 6.07) is 9.35. The number of hydrogen-bond acceptors (Lipinski definition) is 5. The first kappa shape index (κ1) is 16.6. The van der Waals surface area contributed by atoms with Crippen molar-refractivity contribution < 1.29 is 18.1 Å². The summed E-state index contributed by atoms with van der Waals surface area (Å²) < 4.78 is 28.4. The highest BCUT2D eigenvalue weighted by molar-refractivity contribution is 7.54. The van der Waals surface area contributed by atoms with Crippen LogP contribution in [-0.2, 0) is 18.1 Å². The highest BCUT2D eigenvalue weighted by Crippen LogP contribution is 2.58. The predicted molar refractivity (Wildman–Crippen MR) is 78.4 cm³/mol. The molecule has 1 atom stereocenters. The van der Waals surface area contributed by atoms with Crippen molar-refractivity contribution in [1.29, 1.82) is 0 Å². The Kier molecular flexibility index (Phi) is 5.92. The molecule has 0 saturated heterocycles. The molecular formula is C12H22NO4PSi. The second kappa shape index (κ2) is 6.79. The van der Waals surface area contributed by atoms with Crippen molar-refractivity contribution in [3.8, 4) is 0 Å². The van der Waals surface area contributed by atoms with Crippen molar-refractivity contribution in [3.05, 3.63) is 35.9 Å². The second-order valence-corrected chi connectivity index (χ2v) is 11.8. The Labute approximate surface area is 115 Å². The van der Waals surface area contributed by atoms with Crippen LogP contribution < -0.4 is 5.48 Å². The van der Waals surface area contributed by atoms with Crippen LogP contribution in [0, 0.1) is 0 Å². The van der Waals surface area contributed by atoms with Crippen LogP contribution in [0.25, 0.3) is 0 Å². The molecule has 1 unspecified atom stereocenters. The fourth-order valence-electron chi connectivity index (χ4n) is 1.47. The van der Waals surface area contributed by atoms with Gasteiger partial charge in [-0.25, -0.2) is 0 Å². The zero-order chi connectivity index (χ0) is 14.5. The van der Waals surface area contributed by atoms with Gasteiger partial charge >= 0.3 is 7.60 Å². The summed E-state index contributed by atoms with van der Waals surface area (Å²) in [7, 11) is -2.37. The molecule has 5 nitrogen and oxygen atoms in total. The van der Waals surface area contributed by atoms with Crippen LogP contribution in [0.15, 0.2) is 30.3 Å². The molecule has 0 amide bonds. The average molecular weight is 303 g/mol. The van der Waals surface area contributed by atoms with Crippen LogP contribution in [0.4, 0.5) is 0 Å². The molecule has 0 bridgehead atoms. The Hall–Kier alpha value is -0.493. The van der Waals surface area contributed by atoms with Crippen LogP contribution >= 0.6 is 7.60 Å². The van der Waals surface area contributed by atoms with E-state index >= 15 is 0 Å². The number of hydrogen-bond donors (Lipinski definition) is 1. The van der Waals surface area contributed by atoms with Gasteiger partial charge in [0, 0.05) is 14.2 Å². The number of hydroxylamine groups is 1. The summed E-state index contributed by atoms with van der Waals surface area (Å²) in [4.78, 5) is 0. The third kappa shape index (κ3) is 4.84. The quantitative estimate of drug-likeness (QED) is 0.474. The van der Waals surface area contributed by atoms with Crippen molar-refractivity contribution >= 4 is 15.9 Å². The van der Waals surface area contributed by atoms with Gasteiger partial charge in [-0.1, -0.05) is 30.3 Å². The molecule has 19 heavy (non-hydrogen) atoms. The van der Waals surface area contributed by atoms with Crippen molar-refractivity contribution in [2.75, 3.05) is 14.2 Å². The fraction of sp³-hybridized carbons (Fsp3) is 0.500. The molecule has 1 N–H and O–H groups in total. The average Bonchev–Trinajstić information content (AvgIpc) is 2.38. The minimum absolute atomic E-state index is 0.643. The van der Waals surface area contributed by atoms with Crippen molar-refractivity contribution in [1.82, 2.24) is 5.48 Å². The summed E-state index contributed by atoms with van der Waals surface area (Å²) in [5, 5.41) is 0.